The molecule has 3 nitrogen and oxygen atoms in total. The van der Waals surface area contributed by atoms with Crippen LogP contribution < -0.4 is 11.1 Å². The van der Waals surface area contributed by atoms with Gasteiger partial charge in [0.2, 0.25) is 6.41 Å². The molecule has 26 heavy (non-hydrogen) atoms. The van der Waals surface area contributed by atoms with Crippen LogP contribution in [0.1, 0.15) is 25.3 Å². The Morgan fingerprint density at radius 1 is 1.12 bits per heavy atom. The highest BCUT2D eigenvalue weighted by Gasteiger charge is 2.19. The third-order valence-electron chi connectivity index (χ3n) is 4.93. The lowest BCUT2D eigenvalue weighted by molar-refractivity contribution is -0.109. The first-order valence-corrected chi connectivity index (χ1v) is 9.15. The van der Waals surface area contributed by atoms with E-state index in [2.05, 4.69) is 66.8 Å². The van der Waals surface area contributed by atoms with Gasteiger partial charge in [0.1, 0.15) is 0 Å². The van der Waals surface area contributed by atoms with E-state index in [1.54, 1.807) is 0 Å². The molecule has 0 saturated heterocycles. The van der Waals surface area contributed by atoms with Crippen molar-refractivity contribution in [1.29, 1.82) is 0 Å². The van der Waals surface area contributed by atoms with Gasteiger partial charge in [-0.1, -0.05) is 66.2 Å². The van der Waals surface area contributed by atoms with Gasteiger partial charge in [-0.25, -0.2) is 0 Å². The first-order valence-electron chi connectivity index (χ1n) is 9.15. The molecule has 0 heterocycles. The molecule has 1 aliphatic carbocycles. The molecule has 0 bridgehead atoms. The van der Waals surface area contributed by atoms with Crippen LogP contribution in [0.3, 0.4) is 0 Å². The van der Waals surface area contributed by atoms with E-state index in [0.29, 0.717) is 0 Å². The number of benzene rings is 2. The minimum absolute atomic E-state index is 0.0717. The average molecular weight is 346 g/mol. The minimum atomic E-state index is 0.0717. The smallest absolute Gasteiger partial charge is 0.211 e. The molecule has 1 aliphatic rings. The topological polar surface area (TPSA) is 55.1 Å². The average Bonchev–Trinajstić information content (AvgIpc) is 2.65. The fraction of sp³-hybridized carbons (Fsp3) is 0.261. The SMILES string of the molecule is CC1=CC(Cc2cccc(-c3ccccc3)c2)C(N)CCC(NC=O)=C1. The number of amides is 1. The predicted molar refractivity (Wildman–Crippen MR) is 107 cm³/mol. The fourth-order valence-electron chi connectivity index (χ4n) is 3.57. The largest absolute Gasteiger partial charge is 0.332 e. The van der Waals surface area contributed by atoms with E-state index in [-0.39, 0.29) is 12.0 Å². The normalized spacial score (nSPS) is 20.4. The summed E-state index contributed by atoms with van der Waals surface area (Å²) in [6.45, 7) is 2.07. The molecule has 0 fully saturated rings. The molecule has 3 heteroatoms. The standard InChI is InChI=1S/C23H26N2O/c1-17-12-21(23(24)11-10-22(13-17)25-16-26)15-18-6-5-9-20(14-18)19-7-3-2-4-8-19/h2-9,12-14,16,21,23H,10-11,15,24H2,1H3,(H,25,26). The van der Waals surface area contributed by atoms with E-state index in [1.807, 2.05) is 12.1 Å². The first kappa shape index (κ1) is 18.2. The first-order chi connectivity index (χ1) is 12.7. The molecule has 0 aliphatic heterocycles. The summed E-state index contributed by atoms with van der Waals surface area (Å²) in [5, 5.41) is 2.78. The molecule has 1 amide bonds. The van der Waals surface area contributed by atoms with E-state index in [4.69, 9.17) is 5.73 Å². The van der Waals surface area contributed by atoms with Crippen molar-refractivity contribution in [3.8, 4) is 11.1 Å². The molecule has 0 saturated carbocycles. The van der Waals surface area contributed by atoms with Gasteiger partial charge >= 0.3 is 0 Å². The van der Waals surface area contributed by atoms with Crippen LogP contribution in [0.2, 0.25) is 0 Å². The van der Waals surface area contributed by atoms with Crippen molar-refractivity contribution in [3.63, 3.8) is 0 Å². The highest BCUT2D eigenvalue weighted by Crippen LogP contribution is 2.25. The summed E-state index contributed by atoms with van der Waals surface area (Å²) in [5.41, 5.74) is 12.3. The Morgan fingerprint density at radius 2 is 1.88 bits per heavy atom. The highest BCUT2D eigenvalue weighted by molar-refractivity contribution is 5.64. The molecule has 2 aromatic rings. The quantitative estimate of drug-likeness (QED) is 0.797. The number of nitrogens with two attached hydrogens (primary N) is 1. The second kappa shape index (κ2) is 8.63. The maximum atomic E-state index is 10.7. The molecule has 2 aromatic carbocycles. The van der Waals surface area contributed by atoms with Gasteiger partial charge in [-0.05, 0) is 54.9 Å². The Kier molecular flexibility index (Phi) is 6.03. The lowest BCUT2D eigenvalue weighted by Crippen LogP contribution is -2.32. The number of rotatable bonds is 5. The number of hydrogen-bond acceptors (Lipinski definition) is 2. The molecular weight excluding hydrogens is 320 g/mol. The Balaban J connectivity index is 1.81. The molecule has 2 atom stereocenters. The van der Waals surface area contributed by atoms with Crippen LogP contribution in [0, 0.1) is 5.92 Å². The van der Waals surface area contributed by atoms with E-state index in [1.165, 1.54) is 16.7 Å². The van der Waals surface area contributed by atoms with E-state index < -0.39 is 0 Å². The molecule has 3 rings (SSSR count). The predicted octanol–water partition coefficient (Wildman–Crippen LogP) is 4.21. The van der Waals surface area contributed by atoms with Gasteiger partial charge < -0.3 is 11.1 Å². The van der Waals surface area contributed by atoms with Crippen molar-refractivity contribution in [2.75, 3.05) is 0 Å². The Bertz CT molecular complexity index is 808. The molecule has 134 valence electrons. The molecule has 3 N–H and O–H groups in total. The van der Waals surface area contributed by atoms with E-state index >= 15 is 0 Å². The van der Waals surface area contributed by atoms with Crippen molar-refractivity contribution in [2.24, 2.45) is 11.7 Å². The Morgan fingerprint density at radius 3 is 2.65 bits per heavy atom. The van der Waals surface area contributed by atoms with Gasteiger partial charge in [0.15, 0.2) is 0 Å². The summed E-state index contributed by atoms with van der Waals surface area (Å²) in [5.74, 6) is 0.287. The summed E-state index contributed by atoms with van der Waals surface area (Å²) in [4.78, 5) is 10.7. The summed E-state index contributed by atoms with van der Waals surface area (Å²) in [7, 11) is 0. The Hall–Kier alpha value is -2.65. The van der Waals surface area contributed by atoms with Gasteiger partial charge in [0.25, 0.3) is 0 Å². The molecule has 0 radical (unpaired) electrons. The summed E-state index contributed by atoms with van der Waals surface area (Å²) < 4.78 is 0. The lowest BCUT2D eigenvalue weighted by Gasteiger charge is -2.24. The lowest BCUT2D eigenvalue weighted by atomic mass is 9.86. The van der Waals surface area contributed by atoms with E-state index in [9.17, 15) is 4.79 Å². The van der Waals surface area contributed by atoms with Crippen LogP contribution in [-0.2, 0) is 11.2 Å². The number of allylic oxidation sites excluding steroid dienone is 3. The Labute approximate surface area is 155 Å². The zero-order chi connectivity index (χ0) is 18.4. The molecular formula is C23H26N2O. The zero-order valence-electron chi connectivity index (χ0n) is 15.2. The number of carbonyl (C=O) groups excluding carboxylic acids is 1. The van der Waals surface area contributed by atoms with Crippen LogP contribution in [-0.4, -0.2) is 12.5 Å². The van der Waals surface area contributed by atoms with Crippen molar-refractivity contribution >= 4 is 6.41 Å². The van der Waals surface area contributed by atoms with Crippen LogP contribution in [0.5, 0.6) is 0 Å². The second-order valence-corrected chi connectivity index (χ2v) is 6.98. The summed E-state index contributed by atoms with van der Waals surface area (Å²) >= 11 is 0. The van der Waals surface area contributed by atoms with Crippen LogP contribution in [0.15, 0.2) is 78.0 Å². The zero-order valence-corrected chi connectivity index (χ0v) is 15.2. The number of hydrogen-bond donors (Lipinski definition) is 2. The third-order valence-corrected chi connectivity index (χ3v) is 4.93. The molecule has 0 aromatic heterocycles. The minimum Gasteiger partial charge on any atom is -0.332 e. The van der Waals surface area contributed by atoms with Crippen LogP contribution in [0.4, 0.5) is 0 Å². The summed E-state index contributed by atoms with van der Waals surface area (Å²) in [6, 6.07) is 19.2. The van der Waals surface area contributed by atoms with Crippen molar-refractivity contribution < 1.29 is 4.79 Å². The third kappa shape index (κ3) is 4.70. The van der Waals surface area contributed by atoms with Gasteiger partial charge in [-0.2, -0.15) is 0 Å². The number of carbonyl (C=O) groups is 1. The van der Waals surface area contributed by atoms with Crippen LogP contribution >= 0.6 is 0 Å². The highest BCUT2D eigenvalue weighted by atomic mass is 16.1. The van der Waals surface area contributed by atoms with Crippen LogP contribution in [0.25, 0.3) is 11.1 Å². The summed E-state index contributed by atoms with van der Waals surface area (Å²) in [6.07, 6.45) is 7.60. The molecule has 0 spiro atoms. The second-order valence-electron chi connectivity index (χ2n) is 6.98. The van der Waals surface area contributed by atoms with Gasteiger partial charge in [-0.3, -0.25) is 4.79 Å². The fourth-order valence-corrected chi connectivity index (χ4v) is 3.57. The van der Waals surface area contributed by atoms with Crippen molar-refractivity contribution in [2.45, 2.75) is 32.2 Å². The maximum Gasteiger partial charge on any atom is 0.211 e. The van der Waals surface area contributed by atoms with E-state index in [0.717, 1.165) is 36.9 Å². The van der Waals surface area contributed by atoms with Crippen molar-refractivity contribution in [3.05, 3.63) is 83.6 Å². The van der Waals surface area contributed by atoms with Gasteiger partial charge in [0, 0.05) is 11.7 Å². The molecule has 2 unspecified atom stereocenters. The maximum absolute atomic E-state index is 10.7. The van der Waals surface area contributed by atoms with Gasteiger partial charge in [-0.15, -0.1) is 0 Å². The monoisotopic (exact) mass is 346 g/mol. The van der Waals surface area contributed by atoms with Gasteiger partial charge in [0.05, 0.1) is 0 Å². The van der Waals surface area contributed by atoms with Crippen molar-refractivity contribution in [1.82, 2.24) is 5.32 Å². The number of nitrogens with one attached hydrogen (secondary N) is 1.